The van der Waals surface area contributed by atoms with Crippen molar-refractivity contribution in [3.05, 3.63) is 54.0 Å². The number of β-amino-alcohol motifs (C(OH)–C–C–N with tert-alkyl or cyclic N) is 1. The number of carbonyl (C=O) groups excluding carboxylic acids is 1. The standard InChI is InChI=1S/C25H28F4N4O3/c1-31(2)24(17-5-3-6-18(26)11-17)13-22(14-24)15-32(21(34)33(22)16-23(35)9-4-10-23)20-8-7-19(12-30-20)36-25(27,28)29/h3,5-8,11-12,35H,4,9-10,13-16H2,1-2H3. The summed E-state index contributed by atoms with van der Waals surface area (Å²) < 4.78 is 55.6. The van der Waals surface area contributed by atoms with Crippen molar-refractivity contribution in [2.24, 2.45) is 0 Å². The largest absolute Gasteiger partial charge is 0.573 e. The first-order chi connectivity index (χ1) is 16.8. The second kappa shape index (κ2) is 8.31. The van der Waals surface area contributed by atoms with Gasteiger partial charge in [-0.25, -0.2) is 14.2 Å². The second-order valence-electron chi connectivity index (χ2n) is 10.4. The summed E-state index contributed by atoms with van der Waals surface area (Å²) in [4.78, 5) is 22.8. The molecular weight excluding hydrogens is 480 g/mol. The monoisotopic (exact) mass is 508 g/mol. The number of amides is 2. The van der Waals surface area contributed by atoms with Gasteiger partial charge in [-0.05, 0) is 76.0 Å². The Labute approximate surface area is 206 Å². The van der Waals surface area contributed by atoms with Crippen LogP contribution in [0.2, 0.25) is 0 Å². The van der Waals surface area contributed by atoms with Gasteiger partial charge in [0.1, 0.15) is 17.4 Å². The Kier molecular flexibility index (Phi) is 5.71. The molecule has 1 aromatic heterocycles. The fourth-order valence-electron chi connectivity index (χ4n) is 5.87. The van der Waals surface area contributed by atoms with Crippen molar-refractivity contribution in [2.75, 3.05) is 32.1 Å². The summed E-state index contributed by atoms with van der Waals surface area (Å²) in [6.07, 6.45) is -0.836. The Hall–Kier alpha value is -2.92. The molecule has 1 spiro atoms. The average Bonchev–Trinajstić information content (AvgIpc) is 3.03. The topological polar surface area (TPSA) is 69.1 Å². The minimum atomic E-state index is -4.84. The van der Waals surface area contributed by atoms with Gasteiger partial charge in [-0.15, -0.1) is 13.2 Å². The zero-order chi connectivity index (χ0) is 25.9. The van der Waals surface area contributed by atoms with Crippen LogP contribution in [0.15, 0.2) is 42.6 Å². The maximum absolute atomic E-state index is 14.1. The van der Waals surface area contributed by atoms with Crippen LogP contribution < -0.4 is 9.64 Å². The van der Waals surface area contributed by atoms with Crippen molar-refractivity contribution in [2.45, 2.75) is 55.1 Å². The van der Waals surface area contributed by atoms with E-state index in [2.05, 4.69) is 9.72 Å². The molecule has 194 valence electrons. The summed E-state index contributed by atoms with van der Waals surface area (Å²) in [6.45, 7) is 0.406. The molecule has 36 heavy (non-hydrogen) atoms. The molecule has 1 N–H and O–H groups in total. The molecule has 0 atom stereocenters. The lowest BCUT2D eigenvalue weighted by Gasteiger charge is -2.61. The molecule has 3 aliphatic rings. The van der Waals surface area contributed by atoms with Crippen molar-refractivity contribution < 1.29 is 32.2 Å². The number of aromatic nitrogens is 1. The van der Waals surface area contributed by atoms with E-state index in [1.54, 1.807) is 11.0 Å². The van der Waals surface area contributed by atoms with E-state index in [1.165, 1.54) is 23.1 Å². The van der Waals surface area contributed by atoms with E-state index in [-0.39, 0.29) is 30.8 Å². The number of halogens is 4. The Balaban J connectivity index is 1.45. The molecule has 2 heterocycles. The zero-order valence-electron chi connectivity index (χ0n) is 20.1. The minimum Gasteiger partial charge on any atom is -0.404 e. The van der Waals surface area contributed by atoms with Gasteiger partial charge in [0.2, 0.25) is 0 Å². The highest BCUT2D eigenvalue weighted by atomic mass is 19.4. The number of carbonyl (C=O) groups is 1. The number of alkyl halides is 3. The number of rotatable bonds is 6. The fourth-order valence-corrected chi connectivity index (χ4v) is 5.87. The summed E-state index contributed by atoms with van der Waals surface area (Å²) in [7, 11) is 3.83. The third kappa shape index (κ3) is 4.17. The van der Waals surface area contributed by atoms with Gasteiger partial charge < -0.3 is 14.7 Å². The molecule has 5 rings (SSSR count). The number of hydrogen-bond acceptors (Lipinski definition) is 5. The first-order valence-electron chi connectivity index (χ1n) is 11.8. The maximum atomic E-state index is 14.1. The van der Waals surface area contributed by atoms with E-state index in [4.69, 9.17) is 0 Å². The van der Waals surface area contributed by atoms with Gasteiger partial charge in [0, 0.05) is 0 Å². The van der Waals surface area contributed by atoms with Gasteiger partial charge in [-0.2, -0.15) is 0 Å². The van der Waals surface area contributed by atoms with Crippen LogP contribution >= 0.6 is 0 Å². The Bertz CT molecular complexity index is 1140. The maximum Gasteiger partial charge on any atom is 0.573 e. The van der Waals surface area contributed by atoms with Crippen molar-refractivity contribution in [3.8, 4) is 5.75 Å². The first-order valence-corrected chi connectivity index (χ1v) is 11.8. The fraction of sp³-hybridized carbons (Fsp3) is 0.520. The van der Waals surface area contributed by atoms with Gasteiger partial charge in [0.15, 0.2) is 0 Å². The van der Waals surface area contributed by atoms with Crippen LogP contribution in [0.4, 0.5) is 28.2 Å². The SMILES string of the molecule is CN(C)C1(c2cccc(F)c2)CC2(CN(c3ccc(OC(F)(F)F)cn3)C(=O)N2CC2(O)CCC2)C1. The number of anilines is 1. The molecule has 1 aromatic carbocycles. The van der Waals surface area contributed by atoms with Crippen LogP contribution in [-0.2, 0) is 5.54 Å². The molecule has 2 aromatic rings. The molecule has 7 nitrogen and oxygen atoms in total. The van der Waals surface area contributed by atoms with Crippen molar-refractivity contribution >= 4 is 11.8 Å². The van der Waals surface area contributed by atoms with Gasteiger partial charge in [0.05, 0.1) is 36.0 Å². The number of aliphatic hydroxyl groups is 1. The molecule has 11 heteroatoms. The third-order valence-corrected chi connectivity index (χ3v) is 7.92. The Morgan fingerprint density at radius 2 is 1.89 bits per heavy atom. The average molecular weight is 509 g/mol. The van der Waals surface area contributed by atoms with Crippen molar-refractivity contribution in [3.63, 3.8) is 0 Å². The molecule has 2 aliphatic carbocycles. The summed E-state index contributed by atoms with van der Waals surface area (Å²) in [5.41, 5.74) is -1.33. The predicted molar refractivity (Wildman–Crippen MR) is 123 cm³/mol. The van der Waals surface area contributed by atoms with Crippen LogP contribution in [0, 0.1) is 5.82 Å². The highest BCUT2D eigenvalue weighted by Crippen LogP contribution is 2.57. The summed E-state index contributed by atoms with van der Waals surface area (Å²) in [5, 5.41) is 10.9. The Morgan fingerprint density at radius 1 is 1.17 bits per heavy atom. The molecule has 2 amide bonds. The van der Waals surface area contributed by atoms with Crippen LogP contribution in [0.1, 0.15) is 37.7 Å². The van der Waals surface area contributed by atoms with Gasteiger partial charge in [-0.3, -0.25) is 9.80 Å². The van der Waals surface area contributed by atoms with Crippen LogP contribution in [0.25, 0.3) is 0 Å². The molecule has 0 bridgehead atoms. The van der Waals surface area contributed by atoms with Crippen LogP contribution in [0.3, 0.4) is 0 Å². The van der Waals surface area contributed by atoms with Gasteiger partial charge >= 0.3 is 12.4 Å². The lowest BCUT2D eigenvalue weighted by atomic mass is 9.58. The lowest BCUT2D eigenvalue weighted by molar-refractivity contribution is -0.274. The van der Waals surface area contributed by atoms with E-state index in [0.717, 1.165) is 24.2 Å². The van der Waals surface area contributed by atoms with E-state index in [1.807, 2.05) is 25.1 Å². The number of nitrogens with zero attached hydrogens (tertiary/aromatic N) is 4. The van der Waals surface area contributed by atoms with Crippen LogP contribution in [-0.4, -0.2) is 70.6 Å². The summed E-state index contributed by atoms with van der Waals surface area (Å²) >= 11 is 0. The quantitative estimate of drug-likeness (QED) is 0.591. The van der Waals surface area contributed by atoms with Gasteiger partial charge in [0.25, 0.3) is 0 Å². The molecule has 0 unspecified atom stereocenters. The van der Waals surface area contributed by atoms with E-state index in [9.17, 15) is 27.5 Å². The molecular formula is C25H28F4N4O3. The van der Waals surface area contributed by atoms with Crippen LogP contribution in [0.5, 0.6) is 5.75 Å². The highest BCUT2D eigenvalue weighted by molar-refractivity contribution is 5.95. The number of pyridine rings is 1. The Morgan fingerprint density at radius 3 is 2.42 bits per heavy atom. The molecule has 1 aliphatic heterocycles. The van der Waals surface area contributed by atoms with Crippen molar-refractivity contribution in [1.29, 1.82) is 0 Å². The highest BCUT2D eigenvalue weighted by Gasteiger charge is 2.65. The molecule has 1 saturated heterocycles. The number of ether oxygens (including phenoxy) is 1. The van der Waals surface area contributed by atoms with E-state index >= 15 is 0 Å². The number of urea groups is 1. The van der Waals surface area contributed by atoms with E-state index in [0.29, 0.717) is 25.7 Å². The molecule has 0 radical (unpaired) electrons. The normalized spacial score (nSPS) is 27.4. The van der Waals surface area contributed by atoms with Gasteiger partial charge in [-0.1, -0.05) is 12.1 Å². The first kappa shape index (κ1) is 24.8. The number of benzene rings is 1. The zero-order valence-corrected chi connectivity index (χ0v) is 20.1. The second-order valence-corrected chi connectivity index (χ2v) is 10.4. The van der Waals surface area contributed by atoms with E-state index < -0.39 is 28.8 Å². The lowest BCUT2D eigenvalue weighted by Crippen LogP contribution is -2.69. The third-order valence-electron chi connectivity index (χ3n) is 7.92. The van der Waals surface area contributed by atoms with Crippen molar-refractivity contribution in [1.82, 2.24) is 14.8 Å². The summed E-state index contributed by atoms with van der Waals surface area (Å²) in [6, 6.07) is 8.50. The minimum absolute atomic E-state index is 0.157. The summed E-state index contributed by atoms with van der Waals surface area (Å²) in [5.74, 6) is -0.621. The molecule has 3 fully saturated rings. The smallest absolute Gasteiger partial charge is 0.404 e. The predicted octanol–water partition coefficient (Wildman–Crippen LogP) is 4.27. The molecule has 2 saturated carbocycles. The number of hydrogen-bond donors (Lipinski definition) is 1.